The molecular formula is C16H22N2O3. The van der Waals surface area contributed by atoms with Crippen molar-refractivity contribution in [2.45, 2.75) is 50.3 Å². The van der Waals surface area contributed by atoms with E-state index in [1.54, 1.807) is 0 Å². The summed E-state index contributed by atoms with van der Waals surface area (Å²) in [5.41, 5.74) is 6.15. The molecule has 114 valence electrons. The van der Waals surface area contributed by atoms with Crippen LogP contribution in [0.25, 0.3) is 0 Å². The van der Waals surface area contributed by atoms with Crippen molar-refractivity contribution < 1.29 is 14.3 Å². The van der Waals surface area contributed by atoms with Gasteiger partial charge in [0.25, 0.3) is 5.91 Å². The molecule has 1 saturated carbocycles. The van der Waals surface area contributed by atoms with E-state index >= 15 is 0 Å². The molecule has 0 saturated heterocycles. The predicted molar refractivity (Wildman–Crippen MR) is 79.3 cm³/mol. The van der Waals surface area contributed by atoms with Gasteiger partial charge in [-0.25, -0.2) is 0 Å². The molecule has 5 nitrogen and oxygen atoms in total. The normalized spacial score (nSPS) is 28.5. The summed E-state index contributed by atoms with van der Waals surface area (Å²) in [5, 5.41) is 3.04. The summed E-state index contributed by atoms with van der Waals surface area (Å²) in [4.78, 5) is 12.4. The molecule has 3 rings (SSSR count). The Labute approximate surface area is 124 Å². The second kappa shape index (κ2) is 6.35. The van der Waals surface area contributed by atoms with E-state index in [-0.39, 0.29) is 24.6 Å². The molecule has 2 aliphatic rings. The minimum Gasteiger partial charge on any atom is -0.485 e. The first-order valence-corrected chi connectivity index (χ1v) is 7.68. The standard InChI is InChI=1S/C16H22N2O3/c17-11-6-2-1-3-7-12(11)18-16(19)15-10-20-13-8-4-5-9-14(13)21-15/h4-5,8-9,11-12,15H,1-3,6-7,10,17H2,(H,18,19). The molecule has 3 N–H and O–H groups in total. The van der Waals surface area contributed by atoms with Gasteiger partial charge in [-0.1, -0.05) is 31.4 Å². The van der Waals surface area contributed by atoms with Crippen LogP contribution in [-0.4, -0.2) is 30.7 Å². The largest absolute Gasteiger partial charge is 0.485 e. The molecule has 1 aromatic rings. The Morgan fingerprint density at radius 3 is 2.76 bits per heavy atom. The van der Waals surface area contributed by atoms with Crippen molar-refractivity contribution in [1.29, 1.82) is 0 Å². The van der Waals surface area contributed by atoms with Gasteiger partial charge >= 0.3 is 0 Å². The second-order valence-electron chi connectivity index (χ2n) is 5.78. The van der Waals surface area contributed by atoms with Gasteiger partial charge in [0.05, 0.1) is 0 Å². The molecule has 0 spiro atoms. The van der Waals surface area contributed by atoms with Crippen molar-refractivity contribution in [3.05, 3.63) is 24.3 Å². The number of para-hydroxylation sites is 2. The summed E-state index contributed by atoms with van der Waals surface area (Å²) in [6.45, 7) is 0.241. The Morgan fingerprint density at radius 1 is 1.14 bits per heavy atom. The first-order chi connectivity index (χ1) is 10.2. The summed E-state index contributed by atoms with van der Waals surface area (Å²) < 4.78 is 11.3. The number of amides is 1. The third kappa shape index (κ3) is 3.29. The molecule has 1 amide bonds. The second-order valence-corrected chi connectivity index (χ2v) is 5.78. The van der Waals surface area contributed by atoms with Gasteiger partial charge in [0.1, 0.15) is 6.61 Å². The maximum atomic E-state index is 12.4. The van der Waals surface area contributed by atoms with Crippen LogP contribution in [-0.2, 0) is 4.79 Å². The van der Waals surface area contributed by atoms with E-state index in [4.69, 9.17) is 15.2 Å². The number of hydrogen-bond acceptors (Lipinski definition) is 4. The minimum atomic E-state index is -0.602. The van der Waals surface area contributed by atoms with Crippen LogP contribution in [0, 0.1) is 0 Å². The molecule has 1 aliphatic heterocycles. The first-order valence-electron chi connectivity index (χ1n) is 7.68. The van der Waals surface area contributed by atoms with Crippen LogP contribution in [0.1, 0.15) is 32.1 Å². The van der Waals surface area contributed by atoms with Crippen molar-refractivity contribution in [3.63, 3.8) is 0 Å². The number of rotatable bonds is 2. The molecule has 1 heterocycles. The minimum absolute atomic E-state index is 0.0354. The highest BCUT2D eigenvalue weighted by Crippen LogP contribution is 2.31. The summed E-state index contributed by atoms with van der Waals surface area (Å²) in [7, 11) is 0. The molecule has 0 radical (unpaired) electrons. The highest BCUT2D eigenvalue weighted by molar-refractivity contribution is 5.82. The lowest BCUT2D eigenvalue weighted by atomic mass is 10.0. The van der Waals surface area contributed by atoms with E-state index in [2.05, 4.69) is 5.32 Å². The van der Waals surface area contributed by atoms with Gasteiger partial charge in [0, 0.05) is 12.1 Å². The van der Waals surface area contributed by atoms with E-state index in [1.165, 1.54) is 6.42 Å². The van der Waals surface area contributed by atoms with Crippen LogP contribution in [0.5, 0.6) is 11.5 Å². The van der Waals surface area contributed by atoms with Crippen LogP contribution < -0.4 is 20.5 Å². The summed E-state index contributed by atoms with van der Waals surface area (Å²) in [5.74, 6) is 1.17. The quantitative estimate of drug-likeness (QED) is 0.811. The van der Waals surface area contributed by atoms with Crippen molar-refractivity contribution in [3.8, 4) is 11.5 Å². The molecule has 1 aliphatic carbocycles. The lowest BCUT2D eigenvalue weighted by molar-refractivity contribution is -0.131. The highest BCUT2D eigenvalue weighted by Gasteiger charge is 2.30. The molecule has 5 heteroatoms. The molecular weight excluding hydrogens is 268 g/mol. The average Bonchev–Trinajstić information content (AvgIpc) is 2.72. The molecule has 21 heavy (non-hydrogen) atoms. The van der Waals surface area contributed by atoms with E-state index < -0.39 is 6.10 Å². The lowest BCUT2D eigenvalue weighted by Gasteiger charge is -2.29. The van der Waals surface area contributed by atoms with E-state index in [1.807, 2.05) is 24.3 Å². The summed E-state index contributed by atoms with van der Waals surface area (Å²) >= 11 is 0. The van der Waals surface area contributed by atoms with Gasteiger partial charge in [-0.05, 0) is 25.0 Å². The van der Waals surface area contributed by atoms with Gasteiger partial charge < -0.3 is 20.5 Å². The fourth-order valence-corrected chi connectivity index (χ4v) is 2.94. The topological polar surface area (TPSA) is 73.6 Å². The number of benzene rings is 1. The Morgan fingerprint density at radius 2 is 1.90 bits per heavy atom. The fourth-order valence-electron chi connectivity index (χ4n) is 2.94. The Balaban J connectivity index is 1.61. The lowest BCUT2D eigenvalue weighted by Crippen LogP contribution is -2.52. The SMILES string of the molecule is NC1CCCCCC1NC(=O)C1COc2ccccc2O1. The molecule has 3 unspecified atom stereocenters. The molecule has 1 fully saturated rings. The molecule has 0 bridgehead atoms. The summed E-state index contributed by atoms with van der Waals surface area (Å²) in [6.07, 6.45) is 4.76. The zero-order valence-corrected chi connectivity index (χ0v) is 12.1. The third-order valence-electron chi connectivity index (χ3n) is 4.20. The first kappa shape index (κ1) is 14.2. The smallest absolute Gasteiger partial charge is 0.264 e. The number of fused-ring (bicyclic) bond motifs is 1. The van der Waals surface area contributed by atoms with Gasteiger partial charge in [-0.2, -0.15) is 0 Å². The number of carbonyl (C=O) groups is 1. The molecule has 0 aromatic heterocycles. The number of nitrogens with one attached hydrogen (secondary N) is 1. The van der Waals surface area contributed by atoms with Crippen molar-refractivity contribution in [2.24, 2.45) is 5.73 Å². The zero-order chi connectivity index (χ0) is 14.7. The van der Waals surface area contributed by atoms with Crippen molar-refractivity contribution in [2.75, 3.05) is 6.61 Å². The highest BCUT2D eigenvalue weighted by atomic mass is 16.6. The van der Waals surface area contributed by atoms with E-state index in [9.17, 15) is 4.79 Å². The maximum Gasteiger partial charge on any atom is 0.264 e. The maximum absolute atomic E-state index is 12.4. The van der Waals surface area contributed by atoms with Crippen molar-refractivity contribution >= 4 is 5.91 Å². The third-order valence-corrected chi connectivity index (χ3v) is 4.20. The average molecular weight is 290 g/mol. The zero-order valence-electron chi connectivity index (χ0n) is 12.1. The van der Waals surface area contributed by atoms with Crippen LogP contribution in [0.15, 0.2) is 24.3 Å². The number of hydrogen-bond donors (Lipinski definition) is 2. The van der Waals surface area contributed by atoms with Gasteiger partial charge in [0.15, 0.2) is 11.5 Å². The molecule has 3 atom stereocenters. The Hall–Kier alpha value is -1.75. The number of ether oxygens (including phenoxy) is 2. The number of carbonyl (C=O) groups excluding carboxylic acids is 1. The monoisotopic (exact) mass is 290 g/mol. The van der Waals surface area contributed by atoms with Crippen LogP contribution >= 0.6 is 0 Å². The van der Waals surface area contributed by atoms with Gasteiger partial charge in [-0.15, -0.1) is 0 Å². The summed E-state index contributed by atoms with van der Waals surface area (Å²) in [6, 6.07) is 7.47. The van der Waals surface area contributed by atoms with Crippen LogP contribution in [0.2, 0.25) is 0 Å². The van der Waals surface area contributed by atoms with Crippen molar-refractivity contribution in [1.82, 2.24) is 5.32 Å². The Kier molecular flexibility index (Phi) is 4.29. The van der Waals surface area contributed by atoms with Crippen LogP contribution in [0.4, 0.5) is 0 Å². The van der Waals surface area contributed by atoms with E-state index in [0.29, 0.717) is 11.5 Å². The molecule has 1 aromatic carbocycles. The van der Waals surface area contributed by atoms with Gasteiger partial charge in [0.2, 0.25) is 6.10 Å². The van der Waals surface area contributed by atoms with Crippen LogP contribution in [0.3, 0.4) is 0 Å². The Bertz CT molecular complexity index is 506. The predicted octanol–water partition coefficient (Wildman–Crippen LogP) is 1.60. The van der Waals surface area contributed by atoms with E-state index in [0.717, 1.165) is 25.7 Å². The fraction of sp³-hybridized carbons (Fsp3) is 0.562. The number of nitrogens with two attached hydrogens (primary N) is 1. The van der Waals surface area contributed by atoms with Gasteiger partial charge in [-0.3, -0.25) is 4.79 Å².